The summed E-state index contributed by atoms with van der Waals surface area (Å²) in [4.78, 5) is 21.6. The SMILES string of the molecule is Cc1c(NCCCN)c(=O)c1=O. The molecule has 1 aromatic carbocycles. The van der Waals surface area contributed by atoms with Crippen LogP contribution in [0.2, 0.25) is 0 Å². The van der Waals surface area contributed by atoms with Gasteiger partial charge in [-0.2, -0.15) is 0 Å². The van der Waals surface area contributed by atoms with Gasteiger partial charge in [-0.1, -0.05) is 0 Å². The van der Waals surface area contributed by atoms with Crippen molar-refractivity contribution in [3.05, 3.63) is 26.0 Å². The van der Waals surface area contributed by atoms with Gasteiger partial charge in [0, 0.05) is 12.1 Å². The van der Waals surface area contributed by atoms with Crippen LogP contribution in [0.3, 0.4) is 0 Å². The Kier molecular flexibility index (Phi) is 2.60. The highest BCUT2D eigenvalue weighted by atomic mass is 16.2. The molecule has 0 aliphatic heterocycles. The molecule has 0 spiro atoms. The summed E-state index contributed by atoms with van der Waals surface area (Å²) in [6.07, 6.45) is 0.804. The van der Waals surface area contributed by atoms with Crippen LogP contribution in [-0.4, -0.2) is 13.1 Å². The molecule has 66 valence electrons. The molecule has 0 unspecified atom stereocenters. The number of anilines is 1. The first-order valence-corrected chi connectivity index (χ1v) is 3.92. The molecule has 1 rings (SSSR count). The quantitative estimate of drug-likeness (QED) is 0.463. The first-order chi connectivity index (χ1) is 5.68. The highest BCUT2D eigenvalue weighted by Crippen LogP contribution is 2.04. The van der Waals surface area contributed by atoms with Gasteiger partial charge in [0.25, 0.3) is 0 Å². The molecular weight excluding hydrogens is 156 g/mol. The van der Waals surface area contributed by atoms with Gasteiger partial charge in [-0.3, -0.25) is 9.59 Å². The van der Waals surface area contributed by atoms with Crippen molar-refractivity contribution in [3.8, 4) is 0 Å². The van der Waals surface area contributed by atoms with Crippen molar-refractivity contribution in [2.75, 3.05) is 18.4 Å². The normalized spacial score (nSPS) is 10.5. The van der Waals surface area contributed by atoms with Crippen molar-refractivity contribution in [1.29, 1.82) is 0 Å². The van der Waals surface area contributed by atoms with Crippen molar-refractivity contribution in [3.63, 3.8) is 0 Å². The highest BCUT2D eigenvalue weighted by Gasteiger charge is 2.15. The van der Waals surface area contributed by atoms with Crippen LogP contribution in [0.4, 0.5) is 5.69 Å². The zero-order valence-electron chi connectivity index (χ0n) is 7.02. The maximum Gasteiger partial charge on any atom is 0.249 e. The van der Waals surface area contributed by atoms with E-state index < -0.39 is 5.43 Å². The molecule has 4 nitrogen and oxygen atoms in total. The molecule has 0 atom stereocenters. The van der Waals surface area contributed by atoms with Crippen molar-refractivity contribution in [2.24, 2.45) is 5.73 Å². The molecular formula is C8H12N2O2. The van der Waals surface area contributed by atoms with Gasteiger partial charge in [0.2, 0.25) is 10.9 Å². The van der Waals surface area contributed by atoms with Crippen molar-refractivity contribution >= 4 is 5.69 Å². The molecule has 0 saturated carbocycles. The standard InChI is InChI=1S/C8H12N2O2/c1-5-6(8(12)7(5)11)10-4-2-3-9/h10H,2-4,9H2,1H3. The molecule has 0 aliphatic carbocycles. The largest absolute Gasteiger partial charge is 0.381 e. The molecule has 1 aromatic rings. The molecule has 0 fully saturated rings. The monoisotopic (exact) mass is 168 g/mol. The smallest absolute Gasteiger partial charge is 0.249 e. The molecule has 0 bridgehead atoms. The number of nitrogens with one attached hydrogen (secondary N) is 1. The lowest BCUT2D eigenvalue weighted by atomic mass is 10.1. The Morgan fingerprint density at radius 2 is 2.00 bits per heavy atom. The van der Waals surface area contributed by atoms with Crippen LogP contribution in [0.15, 0.2) is 9.59 Å². The van der Waals surface area contributed by atoms with Gasteiger partial charge in [0.05, 0.1) is 5.69 Å². The van der Waals surface area contributed by atoms with E-state index in [2.05, 4.69) is 5.32 Å². The number of hydrogen-bond acceptors (Lipinski definition) is 4. The summed E-state index contributed by atoms with van der Waals surface area (Å²) in [6, 6.07) is 0. The van der Waals surface area contributed by atoms with Crippen LogP contribution in [0, 0.1) is 6.92 Å². The van der Waals surface area contributed by atoms with E-state index in [4.69, 9.17) is 5.73 Å². The predicted octanol–water partition coefficient (Wildman–Crippen LogP) is -0.648. The third kappa shape index (κ3) is 1.38. The number of hydrogen-bond donors (Lipinski definition) is 2. The van der Waals surface area contributed by atoms with E-state index in [1.807, 2.05) is 0 Å². The van der Waals surface area contributed by atoms with Crippen LogP contribution in [0.1, 0.15) is 12.0 Å². The summed E-state index contributed by atoms with van der Waals surface area (Å²) in [5.41, 5.74) is 5.50. The zero-order valence-corrected chi connectivity index (χ0v) is 7.02. The fraction of sp³-hybridized carbons (Fsp3) is 0.500. The van der Waals surface area contributed by atoms with Gasteiger partial charge in [-0.15, -0.1) is 0 Å². The molecule has 4 heteroatoms. The Balaban J connectivity index is 2.55. The third-order valence-electron chi connectivity index (χ3n) is 1.83. The Morgan fingerprint density at radius 1 is 1.33 bits per heavy atom. The first-order valence-electron chi connectivity index (χ1n) is 3.92. The summed E-state index contributed by atoms with van der Waals surface area (Å²) in [5, 5.41) is 2.88. The fourth-order valence-electron chi connectivity index (χ4n) is 1.03. The van der Waals surface area contributed by atoms with Gasteiger partial charge >= 0.3 is 0 Å². The molecule has 0 radical (unpaired) electrons. The highest BCUT2D eigenvalue weighted by molar-refractivity contribution is 5.55. The van der Waals surface area contributed by atoms with E-state index in [0.29, 0.717) is 24.3 Å². The Labute approximate surface area is 70.1 Å². The lowest BCUT2D eigenvalue weighted by Gasteiger charge is -2.08. The minimum absolute atomic E-state index is 0.370. The summed E-state index contributed by atoms with van der Waals surface area (Å²) in [6.45, 7) is 2.89. The predicted molar refractivity (Wildman–Crippen MR) is 48.3 cm³/mol. The second kappa shape index (κ2) is 3.49. The topological polar surface area (TPSA) is 72.2 Å². The van der Waals surface area contributed by atoms with Gasteiger partial charge in [0.15, 0.2) is 0 Å². The van der Waals surface area contributed by atoms with Crippen molar-refractivity contribution in [1.82, 2.24) is 0 Å². The van der Waals surface area contributed by atoms with Crippen LogP contribution in [0.5, 0.6) is 0 Å². The first kappa shape index (κ1) is 8.93. The maximum absolute atomic E-state index is 10.9. The lowest BCUT2D eigenvalue weighted by Crippen LogP contribution is -2.37. The molecule has 0 amide bonds. The second-order valence-corrected chi connectivity index (χ2v) is 2.73. The fourth-order valence-corrected chi connectivity index (χ4v) is 1.03. The Morgan fingerprint density at radius 3 is 2.50 bits per heavy atom. The Hall–Kier alpha value is -1.16. The molecule has 0 aromatic heterocycles. The summed E-state index contributed by atoms with van der Waals surface area (Å²) in [7, 11) is 0. The molecule has 0 heterocycles. The van der Waals surface area contributed by atoms with Crippen LogP contribution >= 0.6 is 0 Å². The second-order valence-electron chi connectivity index (χ2n) is 2.73. The molecule has 0 aliphatic rings. The van der Waals surface area contributed by atoms with Gasteiger partial charge in [-0.25, -0.2) is 0 Å². The summed E-state index contributed by atoms with van der Waals surface area (Å²) in [5.74, 6) is 0. The molecule has 3 N–H and O–H groups in total. The van der Waals surface area contributed by atoms with Gasteiger partial charge in [0.1, 0.15) is 0 Å². The van der Waals surface area contributed by atoms with Gasteiger partial charge in [-0.05, 0) is 19.9 Å². The van der Waals surface area contributed by atoms with E-state index in [9.17, 15) is 9.59 Å². The van der Waals surface area contributed by atoms with Crippen LogP contribution in [-0.2, 0) is 0 Å². The van der Waals surface area contributed by atoms with Crippen molar-refractivity contribution < 1.29 is 0 Å². The van der Waals surface area contributed by atoms with Crippen LogP contribution in [0.25, 0.3) is 0 Å². The maximum atomic E-state index is 10.9. The van der Waals surface area contributed by atoms with E-state index in [0.717, 1.165) is 6.42 Å². The van der Waals surface area contributed by atoms with Crippen LogP contribution < -0.4 is 21.9 Å². The van der Waals surface area contributed by atoms with Crippen molar-refractivity contribution in [2.45, 2.75) is 13.3 Å². The third-order valence-corrected chi connectivity index (χ3v) is 1.83. The van der Waals surface area contributed by atoms with E-state index in [1.54, 1.807) is 6.92 Å². The average molecular weight is 168 g/mol. The molecule has 12 heavy (non-hydrogen) atoms. The average Bonchev–Trinajstić information content (AvgIpc) is 2.11. The lowest BCUT2D eigenvalue weighted by molar-refractivity contribution is 0.870. The minimum Gasteiger partial charge on any atom is -0.381 e. The zero-order chi connectivity index (χ0) is 9.14. The van der Waals surface area contributed by atoms with E-state index >= 15 is 0 Å². The Bertz CT molecular complexity index is 337. The minimum atomic E-state index is -0.399. The van der Waals surface area contributed by atoms with Gasteiger partial charge < -0.3 is 11.1 Å². The summed E-state index contributed by atoms with van der Waals surface area (Å²) >= 11 is 0. The van der Waals surface area contributed by atoms with E-state index in [-0.39, 0.29) is 5.43 Å². The number of nitrogens with two attached hydrogens (primary N) is 1. The number of rotatable bonds is 4. The molecule has 0 saturated heterocycles. The summed E-state index contributed by atoms with van der Waals surface area (Å²) < 4.78 is 0. The van der Waals surface area contributed by atoms with E-state index in [1.165, 1.54) is 0 Å².